The van der Waals surface area contributed by atoms with E-state index in [1.165, 1.54) is 12.4 Å². The highest BCUT2D eigenvalue weighted by atomic mass is 19.4. The number of hydrogen-bond donors (Lipinski definition) is 4. The van der Waals surface area contributed by atoms with Crippen molar-refractivity contribution in [2.45, 2.75) is 70.0 Å². The second-order valence-electron chi connectivity index (χ2n) is 12.1. The van der Waals surface area contributed by atoms with Crippen LogP contribution in [-0.2, 0) is 12.6 Å². The normalized spacial score (nSPS) is 27.0. The molecule has 3 aromatic heterocycles. The number of aromatic amines is 1. The van der Waals surface area contributed by atoms with Crippen molar-refractivity contribution in [2.24, 2.45) is 17.8 Å². The Morgan fingerprint density at radius 2 is 1.85 bits per heavy atom. The fourth-order valence-corrected chi connectivity index (χ4v) is 6.74. The zero-order valence-electron chi connectivity index (χ0n) is 23.1. The van der Waals surface area contributed by atoms with Crippen molar-refractivity contribution in [1.82, 2.24) is 29.4 Å². The third kappa shape index (κ3) is 5.40. The zero-order valence-corrected chi connectivity index (χ0v) is 23.1. The van der Waals surface area contributed by atoms with Gasteiger partial charge in [-0.15, -0.1) is 0 Å². The first-order chi connectivity index (χ1) is 19.5. The molecule has 41 heavy (non-hydrogen) atoms. The summed E-state index contributed by atoms with van der Waals surface area (Å²) in [5.41, 5.74) is 6.92. The molecule has 2 aliphatic carbocycles. The van der Waals surface area contributed by atoms with Gasteiger partial charge >= 0.3 is 6.18 Å². The lowest BCUT2D eigenvalue weighted by atomic mass is 9.72. The Morgan fingerprint density at radius 3 is 2.59 bits per heavy atom. The Morgan fingerprint density at radius 1 is 1.07 bits per heavy atom. The number of benzene rings is 1. The monoisotopic (exact) mass is 571 g/mol. The van der Waals surface area contributed by atoms with Crippen LogP contribution in [0.5, 0.6) is 0 Å². The largest absolute Gasteiger partial charge is 0.416 e. The highest BCUT2D eigenvalue weighted by Gasteiger charge is 2.44. The number of aliphatic hydroxyl groups excluding tert-OH is 2. The van der Waals surface area contributed by atoms with Crippen molar-refractivity contribution < 1.29 is 23.4 Å². The Bertz CT molecular complexity index is 1530. The number of rotatable bonds is 8. The van der Waals surface area contributed by atoms with Gasteiger partial charge < -0.3 is 30.4 Å². The average molecular weight is 572 g/mol. The summed E-state index contributed by atoms with van der Waals surface area (Å²) < 4.78 is 41.0. The van der Waals surface area contributed by atoms with E-state index in [1.807, 2.05) is 16.8 Å². The van der Waals surface area contributed by atoms with Crippen LogP contribution in [0.3, 0.4) is 0 Å². The van der Waals surface area contributed by atoms with Crippen molar-refractivity contribution >= 4 is 27.9 Å². The number of nitrogen functional groups attached to an aromatic ring is 1. The molecular formula is C29H36F3N7O2. The van der Waals surface area contributed by atoms with Gasteiger partial charge in [-0.1, -0.05) is 0 Å². The minimum absolute atomic E-state index is 0.0953. The number of imidazole rings is 1. The predicted octanol–water partition coefficient (Wildman–Crippen LogP) is 4.17. The van der Waals surface area contributed by atoms with Crippen molar-refractivity contribution in [3.63, 3.8) is 0 Å². The summed E-state index contributed by atoms with van der Waals surface area (Å²) in [6.45, 7) is 5.86. The van der Waals surface area contributed by atoms with E-state index in [0.29, 0.717) is 53.7 Å². The van der Waals surface area contributed by atoms with E-state index >= 15 is 0 Å². The Balaban J connectivity index is 1.05. The van der Waals surface area contributed by atoms with Gasteiger partial charge in [0, 0.05) is 37.7 Å². The molecule has 2 saturated carbocycles. The number of hydrogen-bond acceptors (Lipinski definition) is 7. The summed E-state index contributed by atoms with van der Waals surface area (Å²) >= 11 is 0. The van der Waals surface area contributed by atoms with E-state index < -0.39 is 23.9 Å². The summed E-state index contributed by atoms with van der Waals surface area (Å²) in [5.74, 6) is 1.94. The molecule has 0 saturated heterocycles. The molecule has 4 atom stereocenters. The van der Waals surface area contributed by atoms with Gasteiger partial charge in [0.05, 0.1) is 34.1 Å². The number of anilines is 1. The summed E-state index contributed by atoms with van der Waals surface area (Å²) in [6, 6.07) is 5.43. The number of H-pyrrole nitrogens is 1. The molecule has 1 aromatic carbocycles. The second-order valence-corrected chi connectivity index (χ2v) is 12.1. The third-order valence-corrected chi connectivity index (χ3v) is 9.04. The Hall–Kier alpha value is -3.22. The van der Waals surface area contributed by atoms with Gasteiger partial charge in [0.25, 0.3) is 0 Å². The van der Waals surface area contributed by atoms with Crippen LogP contribution in [0.1, 0.15) is 50.5 Å². The lowest BCUT2D eigenvalue weighted by Gasteiger charge is -2.40. The van der Waals surface area contributed by atoms with Crippen molar-refractivity contribution in [1.29, 1.82) is 0 Å². The quantitative estimate of drug-likeness (QED) is 0.250. The minimum atomic E-state index is -4.38. The first kappa shape index (κ1) is 27.9. The molecule has 6 rings (SSSR count). The molecule has 2 fully saturated rings. The van der Waals surface area contributed by atoms with Gasteiger partial charge in [-0.3, -0.25) is 0 Å². The average Bonchev–Trinajstić information content (AvgIpc) is 3.58. The van der Waals surface area contributed by atoms with Crippen molar-refractivity contribution in [3.05, 3.63) is 48.2 Å². The number of alkyl halides is 3. The van der Waals surface area contributed by atoms with Gasteiger partial charge in [-0.2, -0.15) is 13.2 Å². The van der Waals surface area contributed by atoms with Crippen LogP contribution in [0, 0.1) is 17.8 Å². The number of aliphatic hydroxyl groups is 2. The van der Waals surface area contributed by atoms with E-state index in [-0.39, 0.29) is 18.0 Å². The van der Waals surface area contributed by atoms with Crippen LogP contribution in [0.25, 0.3) is 22.1 Å². The van der Waals surface area contributed by atoms with Gasteiger partial charge in [-0.25, -0.2) is 15.0 Å². The van der Waals surface area contributed by atoms with E-state index in [2.05, 4.69) is 38.7 Å². The number of nitrogens with two attached hydrogens (primary N) is 1. The lowest BCUT2D eigenvalue weighted by molar-refractivity contribution is -0.137. The molecule has 0 radical (unpaired) electrons. The van der Waals surface area contributed by atoms with E-state index in [1.54, 1.807) is 0 Å². The molecule has 5 N–H and O–H groups in total. The number of nitrogens with zero attached hydrogens (tertiary/aromatic N) is 5. The summed E-state index contributed by atoms with van der Waals surface area (Å²) in [5, 5.41) is 22.7. The van der Waals surface area contributed by atoms with Crippen LogP contribution in [0.2, 0.25) is 0 Å². The standard InChI is InChI=1S/C29H36F3N7O2/c1-15(2)38(13-18-10-23(26(41)25(18)40)39-6-5-20-27(33)34-14-35-28(20)39)12-17-7-16(8-17)9-24-36-21-4-3-19(29(30,31)32)11-22(21)37-24/h3-6,11,14-18,23,25-26,40-41H,7-10,12-13H2,1-2H3,(H,36,37)(H2,33,34,35)/t16?,17?,18-,23-,25?,26+/m1/s1. The fourth-order valence-electron chi connectivity index (χ4n) is 6.74. The van der Waals surface area contributed by atoms with Crippen molar-refractivity contribution in [2.75, 3.05) is 18.8 Å². The molecule has 0 amide bonds. The van der Waals surface area contributed by atoms with E-state index in [0.717, 1.165) is 42.7 Å². The second kappa shape index (κ2) is 10.6. The maximum atomic E-state index is 13.0. The SMILES string of the molecule is CC(C)N(CC1CC(Cc2nc3cc(C(F)(F)F)ccc3[nH]2)C1)C[C@H]1C[C@@H](n2ccc3c(N)ncnc32)[C@H](O)C1O. The Kier molecular flexibility index (Phi) is 7.19. The molecular weight excluding hydrogens is 535 g/mol. The highest BCUT2D eigenvalue weighted by molar-refractivity contribution is 5.86. The molecule has 3 heterocycles. The van der Waals surface area contributed by atoms with E-state index in [4.69, 9.17) is 5.73 Å². The molecule has 220 valence electrons. The summed E-state index contributed by atoms with van der Waals surface area (Å²) in [7, 11) is 0. The lowest BCUT2D eigenvalue weighted by Crippen LogP contribution is -2.44. The number of fused-ring (bicyclic) bond motifs is 2. The highest BCUT2D eigenvalue weighted by Crippen LogP contribution is 2.40. The molecule has 2 aliphatic rings. The van der Waals surface area contributed by atoms with Crippen LogP contribution in [-0.4, -0.2) is 71.0 Å². The number of nitrogens with one attached hydrogen (secondary N) is 1. The maximum absolute atomic E-state index is 13.0. The first-order valence-electron chi connectivity index (χ1n) is 14.2. The maximum Gasteiger partial charge on any atom is 0.416 e. The van der Waals surface area contributed by atoms with E-state index in [9.17, 15) is 23.4 Å². The van der Waals surface area contributed by atoms with Gasteiger partial charge in [0.2, 0.25) is 0 Å². The van der Waals surface area contributed by atoms with Crippen LogP contribution in [0.4, 0.5) is 19.0 Å². The zero-order chi connectivity index (χ0) is 29.1. The smallest absolute Gasteiger partial charge is 0.390 e. The number of aromatic nitrogens is 5. The van der Waals surface area contributed by atoms with Crippen LogP contribution < -0.4 is 5.73 Å². The third-order valence-electron chi connectivity index (χ3n) is 9.04. The molecule has 9 nitrogen and oxygen atoms in total. The molecule has 0 spiro atoms. The Labute approximate surface area is 235 Å². The number of halogens is 3. The summed E-state index contributed by atoms with van der Waals surface area (Å²) in [6.07, 6.45) is 0.481. The molecule has 0 bridgehead atoms. The molecule has 12 heteroatoms. The molecule has 4 aromatic rings. The van der Waals surface area contributed by atoms with Crippen molar-refractivity contribution in [3.8, 4) is 0 Å². The predicted molar refractivity (Wildman–Crippen MR) is 149 cm³/mol. The van der Waals surface area contributed by atoms with Gasteiger partial charge in [-0.05, 0) is 69.2 Å². The van der Waals surface area contributed by atoms with Crippen LogP contribution in [0.15, 0.2) is 36.8 Å². The summed E-state index contributed by atoms with van der Waals surface area (Å²) in [4.78, 5) is 18.4. The molecule has 0 aliphatic heterocycles. The minimum Gasteiger partial charge on any atom is -0.390 e. The van der Waals surface area contributed by atoms with Gasteiger partial charge in [0.15, 0.2) is 0 Å². The molecule has 1 unspecified atom stereocenters. The topological polar surface area (TPSA) is 129 Å². The fraction of sp³-hybridized carbons (Fsp3) is 0.552. The van der Waals surface area contributed by atoms with Crippen LogP contribution >= 0.6 is 0 Å². The first-order valence-corrected chi connectivity index (χ1v) is 14.2. The van der Waals surface area contributed by atoms with Gasteiger partial charge in [0.1, 0.15) is 29.7 Å².